The third-order valence-electron chi connectivity index (χ3n) is 6.12. The average molecular weight is 525 g/mol. The van der Waals surface area contributed by atoms with E-state index in [1.54, 1.807) is 44.2 Å². The lowest BCUT2D eigenvalue weighted by atomic mass is 10.0. The Morgan fingerprint density at radius 2 is 1.59 bits per heavy atom. The molecule has 1 aromatic heterocycles. The number of carbonyl (C=O) groups excluding carboxylic acids is 1. The zero-order chi connectivity index (χ0) is 26.9. The number of hydrogen-bond donors (Lipinski definition) is 2. The van der Waals surface area contributed by atoms with Crippen molar-refractivity contribution < 1.29 is 41.7 Å². The highest BCUT2D eigenvalue weighted by atomic mass is 32.2. The van der Waals surface area contributed by atoms with E-state index in [-0.39, 0.29) is 29.8 Å². The van der Waals surface area contributed by atoms with Crippen LogP contribution >= 0.6 is 0 Å². The summed E-state index contributed by atoms with van der Waals surface area (Å²) in [6.45, 7) is 3.62. The number of aryl methyl sites for hydroxylation is 3. The molecule has 192 valence electrons. The van der Waals surface area contributed by atoms with Crippen molar-refractivity contribution >= 4 is 43.9 Å². The van der Waals surface area contributed by atoms with Gasteiger partial charge in [0.15, 0.2) is 6.54 Å². The molecule has 0 unspecified atom stereocenters. The van der Waals surface area contributed by atoms with Gasteiger partial charge in [0.1, 0.15) is 11.5 Å². The number of hydrogen-bond acceptors (Lipinski definition) is 6. The van der Waals surface area contributed by atoms with Gasteiger partial charge < -0.3 is 14.6 Å². The summed E-state index contributed by atoms with van der Waals surface area (Å²) in [6, 6.07) is 15.3. The van der Waals surface area contributed by atoms with E-state index >= 15 is 0 Å². The monoisotopic (exact) mass is 524 g/mol. The van der Waals surface area contributed by atoms with Crippen LogP contribution in [0.5, 0.6) is 11.5 Å². The molecule has 0 saturated heterocycles. The highest BCUT2D eigenvalue weighted by molar-refractivity contribution is 7.85. The number of nitrogens with zero attached hydrogens (tertiary/aromatic N) is 1. The van der Waals surface area contributed by atoms with Gasteiger partial charge in [-0.15, -0.1) is 0 Å². The van der Waals surface area contributed by atoms with E-state index in [2.05, 4.69) is 0 Å². The molecule has 1 heterocycles. The maximum Gasteiger partial charge on any atom is 0.345 e. The van der Waals surface area contributed by atoms with Crippen molar-refractivity contribution in [3.63, 3.8) is 0 Å². The third kappa shape index (κ3) is 5.40. The summed E-state index contributed by atoms with van der Waals surface area (Å²) in [6.07, 6.45) is 0.159. The Morgan fingerprint density at radius 3 is 2.22 bits per heavy atom. The molecule has 0 radical (unpaired) electrons. The van der Waals surface area contributed by atoms with Gasteiger partial charge in [-0.25, -0.2) is 9.59 Å². The first kappa shape index (κ1) is 26.1. The molecule has 0 aliphatic rings. The Kier molecular flexibility index (Phi) is 7.15. The van der Waals surface area contributed by atoms with E-state index in [0.29, 0.717) is 38.7 Å². The lowest BCUT2D eigenvalue weighted by Gasteiger charge is -2.15. The van der Waals surface area contributed by atoms with Gasteiger partial charge in [0.25, 0.3) is 10.1 Å². The van der Waals surface area contributed by atoms with E-state index < -0.39 is 27.8 Å². The molecular weight excluding hydrogens is 498 g/mol. The fraction of sp³-hybridized carbons (Fsp3) is 0.222. The number of benzene rings is 3. The van der Waals surface area contributed by atoms with Crippen LogP contribution in [0.1, 0.15) is 38.3 Å². The zero-order valence-electron chi connectivity index (χ0n) is 20.5. The first-order valence-corrected chi connectivity index (χ1v) is 13.0. The third-order valence-corrected chi connectivity index (χ3v) is 6.92. The summed E-state index contributed by atoms with van der Waals surface area (Å²) in [5, 5.41) is 10.4. The largest absolute Gasteiger partial charge is 0.497 e. The summed E-state index contributed by atoms with van der Waals surface area (Å²) in [5.74, 6) is -1.32. The van der Waals surface area contributed by atoms with Crippen LogP contribution in [0.4, 0.5) is 0 Å². The number of aromatic carboxylic acids is 1. The summed E-state index contributed by atoms with van der Waals surface area (Å²) >= 11 is 0. The minimum absolute atomic E-state index is 0.0982. The second-order valence-electron chi connectivity index (χ2n) is 8.70. The number of rotatable bonds is 8. The van der Waals surface area contributed by atoms with Crippen LogP contribution in [0.2, 0.25) is 0 Å². The standard InChI is InChI=1S/C27H25NO8S/c1-16-13-18(26(29)30)14-17(2)25(16)36-27(31)24-20-7-4-5-8-22(20)28(11-6-12-37(32,33)34)23-10-9-19(35-3)15-21(23)24/h4-5,7-10,13-15H,6,11-12H2,1-3H3,(H-,29,30,32,33,34)/p+1. The Hall–Kier alpha value is -4.02. The zero-order valence-corrected chi connectivity index (χ0v) is 21.3. The van der Waals surface area contributed by atoms with E-state index in [9.17, 15) is 27.7 Å². The molecule has 0 spiro atoms. The van der Waals surface area contributed by atoms with Crippen LogP contribution in [0.25, 0.3) is 21.8 Å². The number of carbonyl (C=O) groups is 2. The highest BCUT2D eigenvalue weighted by Gasteiger charge is 2.27. The number of carboxylic acid groups (broad SMARTS) is 1. The van der Waals surface area contributed by atoms with Crippen LogP contribution in [0.3, 0.4) is 0 Å². The van der Waals surface area contributed by atoms with E-state index in [1.165, 1.54) is 19.2 Å². The molecule has 0 bridgehead atoms. The molecule has 3 aromatic carbocycles. The molecule has 0 aliphatic heterocycles. The van der Waals surface area contributed by atoms with Crippen molar-refractivity contribution in [2.75, 3.05) is 12.9 Å². The van der Waals surface area contributed by atoms with Crippen molar-refractivity contribution in [2.45, 2.75) is 26.8 Å². The SMILES string of the molecule is COc1ccc2c(c1)c(C(=O)Oc1c(C)cc(C(=O)O)cc1C)c1ccccc1[n+]2CCCS(=O)(=O)O. The molecule has 0 saturated carbocycles. The first-order chi connectivity index (χ1) is 17.5. The highest BCUT2D eigenvalue weighted by Crippen LogP contribution is 2.31. The first-order valence-electron chi connectivity index (χ1n) is 11.4. The van der Waals surface area contributed by atoms with Gasteiger partial charge in [0, 0.05) is 18.6 Å². The second-order valence-corrected chi connectivity index (χ2v) is 10.3. The fourth-order valence-corrected chi connectivity index (χ4v) is 5.01. The average Bonchev–Trinajstić information content (AvgIpc) is 2.84. The molecule has 2 N–H and O–H groups in total. The predicted octanol–water partition coefficient (Wildman–Crippen LogP) is 4.10. The minimum atomic E-state index is -4.13. The quantitative estimate of drug-likeness (QED) is 0.116. The smallest absolute Gasteiger partial charge is 0.345 e. The van der Waals surface area contributed by atoms with Gasteiger partial charge in [0.05, 0.1) is 34.8 Å². The number of para-hydroxylation sites is 1. The molecular formula is C27H26NO8S+. The molecule has 10 heteroatoms. The van der Waals surface area contributed by atoms with Gasteiger partial charge in [0.2, 0.25) is 11.0 Å². The van der Waals surface area contributed by atoms with Crippen molar-refractivity contribution in [2.24, 2.45) is 0 Å². The summed E-state index contributed by atoms with van der Waals surface area (Å²) in [4.78, 5) is 25.1. The van der Waals surface area contributed by atoms with Crippen molar-refractivity contribution in [3.05, 3.63) is 76.9 Å². The number of fused-ring (bicyclic) bond motifs is 2. The minimum Gasteiger partial charge on any atom is -0.497 e. The van der Waals surface area contributed by atoms with Crippen LogP contribution in [0.15, 0.2) is 54.6 Å². The molecule has 4 rings (SSSR count). The number of aromatic nitrogens is 1. The van der Waals surface area contributed by atoms with Crippen molar-refractivity contribution in [1.29, 1.82) is 0 Å². The van der Waals surface area contributed by atoms with Gasteiger partial charge in [-0.2, -0.15) is 13.0 Å². The Balaban J connectivity index is 1.90. The maximum atomic E-state index is 13.7. The maximum absolute atomic E-state index is 13.7. The van der Waals surface area contributed by atoms with Crippen molar-refractivity contribution in [3.8, 4) is 11.5 Å². The second kappa shape index (κ2) is 10.2. The number of esters is 1. The fourth-order valence-electron chi connectivity index (χ4n) is 4.52. The Labute approximate surface area is 213 Å². The molecule has 9 nitrogen and oxygen atoms in total. The predicted molar refractivity (Wildman–Crippen MR) is 137 cm³/mol. The number of carboxylic acids is 1. The van der Waals surface area contributed by atoms with E-state index in [0.717, 1.165) is 0 Å². The van der Waals surface area contributed by atoms with Gasteiger partial charge >= 0.3 is 11.9 Å². The van der Waals surface area contributed by atoms with E-state index in [1.807, 2.05) is 16.7 Å². The van der Waals surface area contributed by atoms with Crippen LogP contribution in [-0.2, 0) is 16.7 Å². The molecule has 0 amide bonds. The summed E-state index contributed by atoms with van der Waals surface area (Å²) < 4.78 is 44.9. The number of ether oxygens (including phenoxy) is 2. The van der Waals surface area contributed by atoms with Crippen LogP contribution < -0.4 is 14.0 Å². The lowest BCUT2D eigenvalue weighted by Crippen LogP contribution is -2.37. The normalized spacial score (nSPS) is 11.6. The summed E-state index contributed by atoms with van der Waals surface area (Å²) in [7, 11) is -2.62. The Morgan fingerprint density at radius 1 is 0.946 bits per heavy atom. The summed E-state index contributed by atoms with van der Waals surface area (Å²) in [5.41, 5.74) is 2.73. The van der Waals surface area contributed by atoms with Gasteiger partial charge in [-0.1, -0.05) is 12.1 Å². The number of methoxy groups -OCH3 is 1. The van der Waals surface area contributed by atoms with E-state index in [4.69, 9.17) is 9.47 Å². The molecule has 0 atom stereocenters. The molecule has 0 fully saturated rings. The number of pyridine rings is 1. The lowest BCUT2D eigenvalue weighted by molar-refractivity contribution is -0.645. The van der Waals surface area contributed by atoms with Crippen LogP contribution in [0, 0.1) is 13.8 Å². The molecule has 4 aromatic rings. The van der Waals surface area contributed by atoms with Gasteiger partial charge in [-0.05, 0) is 55.3 Å². The molecule has 0 aliphatic carbocycles. The van der Waals surface area contributed by atoms with Crippen molar-refractivity contribution in [1.82, 2.24) is 0 Å². The Bertz CT molecular complexity index is 1640. The topological polar surface area (TPSA) is 131 Å². The van der Waals surface area contributed by atoms with Gasteiger partial charge in [-0.3, -0.25) is 4.55 Å². The molecule has 37 heavy (non-hydrogen) atoms. The van der Waals surface area contributed by atoms with Crippen LogP contribution in [-0.4, -0.2) is 42.9 Å².